The highest BCUT2D eigenvalue weighted by Gasteiger charge is 2.37. The minimum absolute atomic E-state index is 0. The fourth-order valence-corrected chi connectivity index (χ4v) is 4.83. The molecule has 1 saturated heterocycles. The number of aryl methyl sites for hydroxylation is 1. The van der Waals surface area contributed by atoms with Crippen molar-refractivity contribution < 1.29 is 9.53 Å². The van der Waals surface area contributed by atoms with Crippen molar-refractivity contribution in [1.82, 2.24) is 20.0 Å². The van der Waals surface area contributed by atoms with E-state index in [1.165, 1.54) is 18.4 Å². The number of aliphatic imine (C=N–C) groups is 1. The summed E-state index contributed by atoms with van der Waals surface area (Å²) < 4.78 is 7.18. The first-order valence-corrected chi connectivity index (χ1v) is 10.9. The van der Waals surface area contributed by atoms with Crippen molar-refractivity contribution in [2.75, 3.05) is 45.2 Å². The molecule has 0 atom stereocenters. The summed E-state index contributed by atoms with van der Waals surface area (Å²) in [5.41, 5.74) is 2.22. The molecule has 1 saturated carbocycles. The standard InChI is InChI=1S/C23H32N6O2.HI/c1-24-22(28-11-12-29(21(30)16-28)19-14-26-27(2)15-19)25-17-23(9-4-5-10-23)18-7-6-8-20(13-18)31-3;/h6-8,13-15H,4-5,9-12,16-17H2,1-3H3,(H,24,25);1H. The number of nitrogens with one attached hydrogen (secondary N) is 1. The number of benzene rings is 1. The lowest BCUT2D eigenvalue weighted by atomic mass is 9.78. The molecule has 32 heavy (non-hydrogen) atoms. The topological polar surface area (TPSA) is 75.0 Å². The van der Waals surface area contributed by atoms with Crippen LogP contribution in [0.4, 0.5) is 5.69 Å². The van der Waals surface area contributed by atoms with E-state index in [2.05, 4.69) is 33.6 Å². The molecule has 2 aromatic rings. The molecule has 2 aliphatic rings. The normalized spacial score (nSPS) is 18.5. The molecule has 8 nitrogen and oxygen atoms in total. The van der Waals surface area contributed by atoms with Gasteiger partial charge in [0.2, 0.25) is 5.91 Å². The molecule has 9 heteroatoms. The fraction of sp³-hybridized carbons (Fsp3) is 0.522. The molecule has 1 aliphatic carbocycles. The molecule has 0 radical (unpaired) electrons. The quantitative estimate of drug-likeness (QED) is 0.351. The van der Waals surface area contributed by atoms with Gasteiger partial charge >= 0.3 is 0 Å². The lowest BCUT2D eigenvalue weighted by molar-refractivity contribution is -0.120. The Bertz CT molecular complexity index is 953. The SMILES string of the molecule is CN=C(NCC1(c2cccc(OC)c2)CCCC1)N1CCN(c2cnn(C)c2)C(=O)C1.I. The number of methoxy groups -OCH3 is 1. The summed E-state index contributed by atoms with van der Waals surface area (Å²) in [5, 5.41) is 7.77. The zero-order chi connectivity index (χ0) is 21.8. The van der Waals surface area contributed by atoms with Gasteiger partial charge in [0.25, 0.3) is 0 Å². The fourth-order valence-electron chi connectivity index (χ4n) is 4.83. The van der Waals surface area contributed by atoms with Crippen LogP contribution >= 0.6 is 24.0 Å². The molecule has 1 amide bonds. The number of carbonyl (C=O) groups excluding carboxylic acids is 1. The molecule has 1 aromatic heterocycles. The molecular weight excluding hydrogens is 519 g/mol. The Balaban J connectivity index is 0.00000289. The van der Waals surface area contributed by atoms with Gasteiger partial charge in [0.15, 0.2) is 5.96 Å². The first kappa shape index (κ1) is 24.3. The number of hydrogen-bond donors (Lipinski definition) is 1. The lowest BCUT2D eigenvalue weighted by Gasteiger charge is -2.37. The Morgan fingerprint density at radius 3 is 2.69 bits per heavy atom. The Labute approximate surface area is 207 Å². The molecule has 1 aliphatic heterocycles. The molecular formula is C23H33IN6O2. The van der Waals surface area contributed by atoms with Crippen LogP contribution in [0.1, 0.15) is 31.2 Å². The number of hydrogen-bond acceptors (Lipinski definition) is 4. The van der Waals surface area contributed by atoms with Crippen LogP contribution in [0.15, 0.2) is 41.7 Å². The number of amides is 1. The third-order valence-corrected chi connectivity index (χ3v) is 6.56. The average Bonchev–Trinajstić information content (AvgIpc) is 3.44. The highest BCUT2D eigenvalue weighted by Crippen LogP contribution is 2.41. The van der Waals surface area contributed by atoms with E-state index in [1.54, 1.807) is 29.9 Å². The first-order chi connectivity index (χ1) is 15.0. The number of rotatable bonds is 5. The predicted octanol–water partition coefficient (Wildman–Crippen LogP) is 2.78. The van der Waals surface area contributed by atoms with Crippen molar-refractivity contribution in [1.29, 1.82) is 0 Å². The Morgan fingerprint density at radius 2 is 2.06 bits per heavy atom. The molecule has 0 spiro atoms. The Hall–Kier alpha value is -2.30. The average molecular weight is 552 g/mol. The van der Waals surface area contributed by atoms with E-state index in [4.69, 9.17) is 4.74 Å². The predicted molar refractivity (Wildman–Crippen MR) is 137 cm³/mol. The van der Waals surface area contributed by atoms with Crippen LogP contribution in [0.2, 0.25) is 0 Å². The summed E-state index contributed by atoms with van der Waals surface area (Å²) in [6.07, 6.45) is 8.33. The minimum Gasteiger partial charge on any atom is -0.497 e. The Morgan fingerprint density at radius 1 is 1.28 bits per heavy atom. The number of guanidine groups is 1. The van der Waals surface area contributed by atoms with Gasteiger partial charge in [-0.3, -0.25) is 14.5 Å². The largest absolute Gasteiger partial charge is 0.497 e. The number of halogens is 1. The smallest absolute Gasteiger partial charge is 0.246 e. The molecule has 2 heterocycles. The molecule has 0 bridgehead atoms. The summed E-state index contributed by atoms with van der Waals surface area (Å²) >= 11 is 0. The molecule has 2 fully saturated rings. The summed E-state index contributed by atoms with van der Waals surface area (Å²) in [5.74, 6) is 1.74. The summed E-state index contributed by atoms with van der Waals surface area (Å²) in [6, 6.07) is 8.42. The number of anilines is 1. The van der Waals surface area contributed by atoms with Gasteiger partial charge in [0.05, 0.1) is 19.0 Å². The van der Waals surface area contributed by atoms with Gasteiger partial charge in [-0.25, -0.2) is 0 Å². The monoisotopic (exact) mass is 552 g/mol. The lowest BCUT2D eigenvalue weighted by Crippen LogP contribution is -2.56. The number of carbonyl (C=O) groups is 1. The van der Waals surface area contributed by atoms with E-state index in [1.807, 2.05) is 24.2 Å². The van der Waals surface area contributed by atoms with E-state index >= 15 is 0 Å². The van der Waals surface area contributed by atoms with Gasteiger partial charge in [-0.2, -0.15) is 5.10 Å². The van der Waals surface area contributed by atoms with E-state index < -0.39 is 0 Å². The third kappa shape index (κ3) is 5.02. The van der Waals surface area contributed by atoms with E-state index in [0.29, 0.717) is 13.1 Å². The highest BCUT2D eigenvalue weighted by atomic mass is 127. The van der Waals surface area contributed by atoms with Crippen LogP contribution in [-0.4, -0.2) is 66.9 Å². The van der Waals surface area contributed by atoms with Crippen molar-refractivity contribution in [3.8, 4) is 5.75 Å². The number of nitrogens with zero attached hydrogens (tertiary/aromatic N) is 5. The van der Waals surface area contributed by atoms with E-state index in [0.717, 1.165) is 43.3 Å². The molecule has 174 valence electrons. The second-order valence-electron chi connectivity index (χ2n) is 8.46. The zero-order valence-electron chi connectivity index (χ0n) is 19.1. The van der Waals surface area contributed by atoms with Crippen LogP contribution < -0.4 is 15.0 Å². The summed E-state index contributed by atoms with van der Waals surface area (Å²) in [4.78, 5) is 21.1. The van der Waals surface area contributed by atoms with Gasteiger partial charge in [-0.15, -0.1) is 24.0 Å². The van der Waals surface area contributed by atoms with Gasteiger partial charge < -0.3 is 19.9 Å². The van der Waals surface area contributed by atoms with Crippen molar-refractivity contribution in [3.05, 3.63) is 42.2 Å². The molecule has 1 aromatic carbocycles. The molecule has 0 unspecified atom stereocenters. The van der Waals surface area contributed by atoms with Crippen LogP contribution in [0, 0.1) is 0 Å². The maximum Gasteiger partial charge on any atom is 0.246 e. The Kier molecular flexibility index (Phi) is 8.02. The van der Waals surface area contributed by atoms with E-state index in [9.17, 15) is 4.79 Å². The van der Waals surface area contributed by atoms with E-state index in [-0.39, 0.29) is 35.3 Å². The van der Waals surface area contributed by atoms with Crippen molar-refractivity contribution in [3.63, 3.8) is 0 Å². The van der Waals surface area contributed by atoms with Gasteiger partial charge in [-0.05, 0) is 30.5 Å². The molecule has 1 N–H and O–H groups in total. The van der Waals surface area contributed by atoms with Crippen LogP contribution in [0.5, 0.6) is 5.75 Å². The van der Waals surface area contributed by atoms with Crippen LogP contribution in [-0.2, 0) is 17.3 Å². The maximum atomic E-state index is 12.8. The third-order valence-electron chi connectivity index (χ3n) is 6.56. The van der Waals surface area contributed by atoms with Crippen LogP contribution in [0.25, 0.3) is 0 Å². The second kappa shape index (κ2) is 10.5. The number of ether oxygens (including phenoxy) is 1. The molecule has 4 rings (SSSR count). The number of piperazine rings is 1. The highest BCUT2D eigenvalue weighted by molar-refractivity contribution is 14.0. The van der Waals surface area contributed by atoms with Gasteiger partial charge in [0, 0.05) is 45.3 Å². The van der Waals surface area contributed by atoms with Crippen LogP contribution in [0.3, 0.4) is 0 Å². The second-order valence-corrected chi connectivity index (χ2v) is 8.46. The van der Waals surface area contributed by atoms with Crippen molar-refractivity contribution in [2.45, 2.75) is 31.1 Å². The number of aromatic nitrogens is 2. The van der Waals surface area contributed by atoms with Crippen molar-refractivity contribution >= 4 is 41.5 Å². The van der Waals surface area contributed by atoms with Gasteiger partial charge in [-0.1, -0.05) is 25.0 Å². The summed E-state index contributed by atoms with van der Waals surface area (Å²) in [6.45, 7) is 2.45. The maximum absolute atomic E-state index is 12.8. The van der Waals surface area contributed by atoms with Gasteiger partial charge in [0.1, 0.15) is 12.3 Å². The van der Waals surface area contributed by atoms with Crippen molar-refractivity contribution in [2.24, 2.45) is 12.0 Å². The zero-order valence-corrected chi connectivity index (χ0v) is 21.4. The first-order valence-electron chi connectivity index (χ1n) is 10.9. The summed E-state index contributed by atoms with van der Waals surface area (Å²) in [7, 11) is 5.35. The minimum atomic E-state index is 0.